The Balaban J connectivity index is 3.92. The summed E-state index contributed by atoms with van der Waals surface area (Å²) in [7, 11) is -1.48. The van der Waals surface area contributed by atoms with Gasteiger partial charge in [-0.3, -0.25) is 9.00 Å². The molecule has 0 radical (unpaired) electrons. The van der Waals surface area contributed by atoms with E-state index in [4.69, 9.17) is 5.73 Å². The second kappa shape index (κ2) is 6.85. The summed E-state index contributed by atoms with van der Waals surface area (Å²) in [6.45, 7) is 0.575. The summed E-state index contributed by atoms with van der Waals surface area (Å²) in [5, 5.41) is 1.37. The number of carbonyl (C=O) groups excluding carboxylic acids is 1. The molecule has 0 saturated carbocycles. The predicted octanol–water partition coefficient (Wildman–Crippen LogP) is 0.151. The van der Waals surface area contributed by atoms with Gasteiger partial charge in [-0.05, 0) is 13.0 Å². The third-order valence-electron chi connectivity index (χ3n) is 1.78. The molecule has 0 aromatic heterocycles. The van der Waals surface area contributed by atoms with Gasteiger partial charge in [-0.1, -0.05) is 6.92 Å². The molecule has 4 nitrogen and oxygen atoms in total. The van der Waals surface area contributed by atoms with E-state index in [1.54, 1.807) is 12.2 Å². The normalized spacial score (nSPS) is 15.6. The minimum atomic E-state index is -4.44. The number of hydrogen-bond acceptors (Lipinski definition) is 3. The van der Waals surface area contributed by atoms with Crippen LogP contribution in [0.4, 0.5) is 13.2 Å². The van der Waals surface area contributed by atoms with Crippen molar-refractivity contribution in [2.45, 2.75) is 24.8 Å². The average molecular weight is 260 g/mol. The van der Waals surface area contributed by atoms with Crippen molar-refractivity contribution in [1.82, 2.24) is 5.32 Å². The maximum absolute atomic E-state index is 11.7. The molecule has 0 aliphatic heterocycles. The zero-order chi connectivity index (χ0) is 12.8. The van der Waals surface area contributed by atoms with Crippen molar-refractivity contribution < 1.29 is 22.2 Å². The van der Waals surface area contributed by atoms with Gasteiger partial charge in [0.15, 0.2) is 0 Å². The van der Waals surface area contributed by atoms with Crippen LogP contribution in [0.25, 0.3) is 0 Å². The van der Waals surface area contributed by atoms with E-state index in [1.807, 2.05) is 0 Å². The molecule has 8 heteroatoms. The van der Waals surface area contributed by atoms with Crippen LogP contribution >= 0.6 is 0 Å². The van der Waals surface area contributed by atoms with Gasteiger partial charge in [0.2, 0.25) is 5.91 Å². The first-order valence-electron chi connectivity index (χ1n) is 4.67. The lowest BCUT2D eigenvalue weighted by atomic mass is 10.3. The van der Waals surface area contributed by atoms with Crippen molar-refractivity contribution in [2.75, 3.05) is 18.8 Å². The van der Waals surface area contributed by atoms with E-state index in [-0.39, 0.29) is 5.25 Å². The first-order valence-corrected chi connectivity index (χ1v) is 6.05. The lowest BCUT2D eigenvalue weighted by Crippen LogP contribution is -2.37. The first-order chi connectivity index (χ1) is 7.26. The highest BCUT2D eigenvalue weighted by Gasteiger charge is 2.28. The van der Waals surface area contributed by atoms with Gasteiger partial charge in [-0.15, -0.1) is 0 Å². The van der Waals surface area contributed by atoms with Crippen LogP contribution in [0.3, 0.4) is 0 Å². The molecule has 0 aliphatic carbocycles. The summed E-state index contributed by atoms with van der Waals surface area (Å²) in [4.78, 5) is 11.0. The molecule has 0 aromatic carbocycles. The van der Waals surface area contributed by atoms with E-state index in [0.29, 0.717) is 13.0 Å². The van der Waals surface area contributed by atoms with Crippen molar-refractivity contribution in [3.63, 3.8) is 0 Å². The molecule has 2 unspecified atom stereocenters. The largest absolute Gasteiger partial charge is 0.405 e. The Morgan fingerprint density at radius 1 is 1.50 bits per heavy atom. The van der Waals surface area contributed by atoms with Crippen molar-refractivity contribution in [2.24, 2.45) is 5.73 Å². The maximum Gasteiger partial charge on any atom is 0.405 e. The molecule has 0 aliphatic rings. The smallest absolute Gasteiger partial charge is 0.346 e. The second-order valence-electron chi connectivity index (χ2n) is 3.30. The lowest BCUT2D eigenvalue weighted by molar-refractivity contribution is -0.136. The third-order valence-corrected chi connectivity index (χ3v) is 3.46. The van der Waals surface area contributed by atoms with Crippen LogP contribution in [-0.4, -0.2) is 40.4 Å². The van der Waals surface area contributed by atoms with Crippen molar-refractivity contribution in [3.8, 4) is 0 Å². The number of carbonyl (C=O) groups is 1. The van der Waals surface area contributed by atoms with E-state index in [1.165, 1.54) is 0 Å². The topological polar surface area (TPSA) is 72.2 Å². The Hall–Kier alpha value is -0.630. The summed E-state index contributed by atoms with van der Waals surface area (Å²) in [6.07, 6.45) is -3.97. The summed E-state index contributed by atoms with van der Waals surface area (Å²) >= 11 is 0. The number of nitrogens with two attached hydrogens (primary N) is 1. The highest BCUT2D eigenvalue weighted by molar-refractivity contribution is 7.86. The van der Waals surface area contributed by atoms with Crippen LogP contribution in [-0.2, 0) is 15.6 Å². The maximum atomic E-state index is 11.7. The SMILES string of the molecule is CC(CCN)S(=O)CC(=O)NCC(F)(F)F. The molecule has 1 amide bonds. The molecule has 2 atom stereocenters. The van der Waals surface area contributed by atoms with Gasteiger partial charge in [-0.25, -0.2) is 0 Å². The van der Waals surface area contributed by atoms with E-state index >= 15 is 0 Å². The number of rotatable bonds is 6. The van der Waals surface area contributed by atoms with Gasteiger partial charge in [-0.2, -0.15) is 13.2 Å². The molecule has 0 saturated heterocycles. The zero-order valence-corrected chi connectivity index (χ0v) is 9.66. The second-order valence-corrected chi connectivity index (χ2v) is 5.16. The summed E-state index contributed by atoms with van der Waals surface area (Å²) < 4.78 is 46.6. The Kier molecular flexibility index (Phi) is 6.58. The molecule has 16 heavy (non-hydrogen) atoms. The monoisotopic (exact) mass is 260 g/mol. The van der Waals surface area contributed by atoms with Crippen LogP contribution in [0.15, 0.2) is 0 Å². The third kappa shape index (κ3) is 7.63. The van der Waals surface area contributed by atoms with Gasteiger partial charge in [0.25, 0.3) is 0 Å². The molecule has 0 fully saturated rings. The lowest BCUT2D eigenvalue weighted by Gasteiger charge is -2.11. The summed E-state index contributed by atoms with van der Waals surface area (Å²) in [5.41, 5.74) is 5.23. The number of alkyl halides is 3. The van der Waals surface area contributed by atoms with E-state index < -0.39 is 35.2 Å². The summed E-state index contributed by atoms with van der Waals surface area (Å²) in [6, 6.07) is 0. The fraction of sp³-hybridized carbons (Fsp3) is 0.875. The number of nitrogens with one attached hydrogen (secondary N) is 1. The zero-order valence-electron chi connectivity index (χ0n) is 8.84. The van der Waals surface area contributed by atoms with Crippen molar-refractivity contribution >= 4 is 16.7 Å². The molecule has 0 rings (SSSR count). The molecule has 0 aromatic rings. The van der Waals surface area contributed by atoms with Gasteiger partial charge in [0.1, 0.15) is 12.3 Å². The molecule has 0 heterocycles. The molecular formula is C8H15F3N2O2S. The molecule has 96 valence electrons. The number of amides is 1. The highest BCUT2D eigenvalue weighted by Crippen LogP contribution is 2.12. The summed E-state index contributed by atoms with van der Waals surface area (Å²) in [5.74, 6) is -1.28. The Morgan fingerprint density at radius 2 is 2.06 bits per heavy atom. The first kappa shape index (κ1) is 15.4. The van der Waals surface area contributed by atoms with Crippen molar-refractivity contribution in [1.29, 1.82) is 0 Å². The minimum Gasteiger partial charge on any atom is -0.346 e. The van der Waals surface area contributed by atoms with Crippen molar-refractivity contribution in [3.05, 3.63) is 0 Å². The number of halogens is 3. The Labute approximate surface area is 94.2 Å². The van der Waals surface area contributed by atoms with E-state index in [2.05, 4.69) is 0 Å². The quantitative estimate of drug-likeness (QED) is 0.714. The molecule has 0 bridgehead atoms. The van der Waals surface area contributed by atoms with Crippen LogP contribution in [0, 0.1) is 0 Å². The average Bonchev–Trinajstić information content (AvgIpc) is 2.14. The Bertz CT molecular complexity index is 258. The minimum absolute atomic E-state index is 0.290. The van der Waals surface area contributed by atoms with Gasteiger partial charge < -0.3 is 11.1 Å². The van der Waals surface area contributed by atoms with Crippen LogP contribution in [0.5, 0.6) is 0 Å². The molecular weight excluding hydrogens is 245 g/mol. The van der Waals surface area contributed by atoms with Crippen LogP contribution < -0.4 is 11.1 Å². The Morgan fingerprint density at radius 3 is 2.50 bits per heavy atom. The van der Waals surface area contributed by atoms with E-state index in [0.717, 1.165) is 0 Å². The number of hydrogen-bond donors (Lipinski definition) is 2. The van der Waals surface area contributed by atoms with Crippen LogP contribution in [0.1, 0.15) is 13.3 Å². The molecule has 3 N–H and O–H groups in total. The van der Waals surface area contributed by atoms with Gasteiger partial charge in [0, 0.05) is 16.0 Å². The van der Waals surface area contributed by atoms with E-state index in [9.17, 15) is 22.2 Å². The molecule has 0 spiro atoms. The fourth-order valence-electron chi connectivity index (χ4n) is 0.887. The van der Waals surface area contributed by atoms with Crippen LogP contribution in [0.2, 0.25) is 0 Å². The van der Waals surface area contributed by atoms with Gasteiger partial charge in [0.05, 0.1) is 0 Å². The standard InChI is InChI=1S/C8H15F3N2O2S/c1-6(2-3-12)16(15)4-7(14)13-5-8(9,10)11/h6H,2-5,12H2,1H3,(H,13,14). The van der Waals surface area contributed by atoms with Gasteiger partial charge >= 0.3 is 6.18 Å². The fourth-order valence-corrected chi connectivity index (χ4v) is 1.93. The predicted molar refractivity (Wildman–Crippen MR) is 55.2 cm³/mol. The highest BCUT2D eigenvalue weighted by atomic mass is 32.2.